The molecule has 0 aromatic heterocycles. The van der Waals surface area contributed by atoms with Gasteiger partial charge >= 0.3 is 0 Å². The van der Waals surface area contributed by atoms with Gasteiger partial charge < -0.3 is 15.0 Å². The molecule has 0 saturated heterocycles. The predicted molar refractivity (Wildman–Crippen MR) is 99.9 cm³/mol. The Morgan fingerprint density at radius 2 is 1.92 bits per heavy atom. The van der Waals surface area contributed by atoms with Gasteiger partial charge in [0.15, 0.2) is 6.04 Å². The van der Waals surface area contributed by atoms with Crippen molar-refractivity contribution >= 4 is 28.9 Å². The average molecular weight is 379 g/mol. The van der Waals surface area contributed by atoms with Crippen LogP contribution in [0.4, 0.5) is 11.4 Å². The number of likely N-dealkylation sites (N-methyl/N-ethyl adjacent to an activating group) is 1. The molecule has 0 aliphatic heterocycles. The number of hydrogen-bond donors (Lipinski definition) is 2. The zero-order valence-electron chi connectivity index (χ0n) is 14.6. The average Bonchev–Trinajstić information content (AvgIpc) is 2.62. The van der Waals surface area contributed by atoms with Crippen molar-refractivity contribution in [2.45, 2.75) is 13.0 Å². The van der Waals surface area contributed by atoms with Crippen molar-refractivity contribution in [1.82, 2.24) is 0 Å². The van der Waals surface area contributed by atoms with Gasteiger partial charge in [0.05, 0.1) is 12.0 Å². The molecule has 0 radical (unpaired) electrons. The molecule has 1 amide bonds. The number of amides is 1. The van der Waals surface area contributed by atoms with Crippen LogP contribution in [0.15, 0.2) is 48.5 Å². The maximum Gasteiger partial charge on any atom is 0.292 e. The van der Waals surface area contributed by atoms with Crippen LogP contribution in [-0.4, -0.2) is 37.1 Å². The highest BCUT2D eigenvalue weighted by atomic mass is 35.5. The molecule has 7 nitrogen and oxygen atoms in total. The van der Waals surface area contributed by atoms with Gasteiger partial charge in [-0.05, 0) is 37.3 Å². The summed E-state index contributed by atoms with van der Waals surface area (Å²) in [6, 6.07) is 12.7. The fraction of sp³-hybridized carbons (Fsp3) is 0.278. The number of nitrogens with one attached hydrogen (secondary N) is 2. The molecule has 2 rings (SSSR count). The number of halogens is 1. The molecule has 2 aromatic rings. The minimum absolute atomic E-state index is 0.128. The van der Waals surface area contributed by atoms with Gasteiger partial charge in [-0.1, -0.05) is 23.7 Å². The molecule has 26 heavy (non-hydrogen) atoms. The minimum Gasteiger partial charge on any atom is -0.488 e. The van der Waals surface area contributed by atoms with Crippen LogP contribution in [0.3, 0.4) is 0 Å². The highest BCUT2D eigenvalue weighted by Crippen LogP contribution is 2.23. The van der Waals surface area contributed by atoms with Gasteiger partial charge in [-0.25, -0.2) is 0 Å². The maximum absolute atomic E-state index is 12.4. The molecule has 8 heteroatoms. The number of benzene rings is 2. The minimum atomic E-state index is -0.517. The van der Waals surface area contributed by atoms with Gasteiger partial charge in [0.1, 0.15) is 24.6 Å². The van der Waals surface area contributed by atoms with Gasteiger partial charge in [0, 0.05) is 11.1 Å². The van der Waals surface area contributed by atoms with Crippen LogP contribution in [0.1, 0.15) is 6.92 Å². The first-order chi connectivity index (χ1) is 12.4. The summed E-state index contributed by atoms with van der Waals surface area (Å²) >= 11 is 5.82. The number of nitro groups is 1. The number of para-hydroxylation sites is 2. The molecule has 1 unspecified atom stereocenters. The third-order valence-electron chi connectivity index (χ3n) is 4.07. The topological polar surface area (TPSA) is 85.9 Å². The van der Waals surface area contributed by atoms with Crippen LogP contribution in [0, 0.1) is 10.1 Å². The van der Waals surface area contributed by atoms with E-state index in [4.69, 9.17) is 16.3 Å². The standard InChI is InChI=1S/C18H20ClN3O4/c1-13(18(23)20-16-5-3-4-6-17(16)22(24)25)21(2)11-12-26-15-9-7-14(19)8-10-15/h3-10,13H,11-12H2,1-2H3,(H,20,23)/p+1/t13-/m0/s1. The fourth-order valence-corrected chi connectivity index (χ4v) is 2.41. The zero-order valence-corrected chi connectivity index (χ0v) is 15.3. The Kier molecular flexibility index (Phi) is 6.94. The molecule has 2 N–H and O–H groups in total. The molecule has 0 bridgehead atoms. The Morgan fingerprint density at radius 3 is 2.58 bits per heavy atom. The van der Waals surface area contributed by atoms with Crippen LogP contribution in [0.25, 0.3) is 0 Å². The van der Waals surface area contributed by atoms with Crippen molar-refractivity contribution < 1.29 is 19.4 Å². The molecule has 0 fully saturated rings. The number of rotatable bonds is 8. The van der Waals surface area contributed by atoms with Gasteiger partial charge in [-0.3, -0.25) is 14.9 Å². The van der Waals surface area contributed by atoms with E-state index in [0.29, 0.717) is 23.9 Å². The second-order valence-corrected chi connectivity index (χ2v) is 6.32. The molecule has 2 aromatic carbocycles. The van der Waals surface area contributed by atoms with E-state index in [0.717, 1.165) is 4.90 Å². The first kappa shape index (κ1) is 19.7. The smallest absolute Gasteiger partial charge is 0.292 e. The molecular formula is C18H21ClN3O4+. The summed E-state index contributed by atoms with van der Waals surface area (Å²) in [6.07, 6.45) is 0. The molecule has 0 aliphatic carbocycles. The molecule has 0 heterocycles. The van der Waals surface area contributed by atoms with E-state index in [1.165, 1.54) is 12.1 Å². The third-order valence-corrected chi connectivity index (χ3v) is 4.32. The second kappa shape index (κ2) is 9.17. The number of ether oxygens (including phenoxy) is 1. The Morgan fingerprint density at radius 1 is 1.27 bits per heavy atom. The highest BCUT2D eigenvalue weighted by Gasteiger charge is 2.24. The van der Waals surface area contributed by atoms with Crippen molar-refractivity contribution in [3.05, 3.63) is 63.7 Å². The van der Waals surface area contributed by atoms with Crippen molar-refractivity contribution in [3.8, 4) is 5.75 Å². The van der Waals surface area contributed by atoms with E-state index in [1.807, 2.05) is 7.05 Å². The van der Waals surface area contributed by atoms with E-state index in [-0.39, 0.29) is 17.3 Å². The monoisotopic (exact) mass is 378 g/mol. The summed E-state index contributed by atoms with van der Waals surface area (Å²) in [7, 11) is 1.87. The SMILES string of the molecule is C[C@@H](C(=O)Nc1ccccc1[N+](=O)[O-])[NH+](C)CCOc1ccc(Cl)cc1. The Labute approximate surface area is 156 Å². The first-order valence-electron chi connectivity index (χ1n) is 8.13. The summed E-state index contributed by atoms with van der Waals surface area (Å²) in [5.74, 6) is 0.419. The van der Waals surface area contributed by atoms with E-state index >= 15 is 0 Å². The number of quaternary nitrogens is 1. The summed E-state index contributed by atoms with van der Waals surface area (Å²) in [6.45, 7) is 2.78. The number of carbonyl (C=O) groups excluding carboxylic acids is 1. The van der Waals surface area contributed by atoms with Crippen LogP contribution >= 0.6 is 11.6 Å². The normalized spacial score (nSPS) is 12.9. The summed E-state index contributed by atoms with van der Waals surface area (Å²) in [4.78, 5) is 23.8. The molecule has 0 spiro atoms. The van der Waals surface area contributed by atoms with Crippen molar-refractivity contribution in [2.75, 3.05) is 25.5 Å². The zero-order chi connectivity index (χ0) is 19.1. The van der Waals surface area contributed by atoms with E-state index in [2.05, 4.69) is 5.32 Å². The number of nitrogens with zero attached hydrogens (tertiary/aromatic N) is 1. The first-order valence-corrected chi connectivity index (χ1v) is 8.51. The van der Waals surface area contributed by atoms with Crippen LogP contribution in [-0.2, 0) is 4.79 Å². The van der Waals surface area contributed by atoms with E-state index in [9.17, 15) is 14.9 Å². The lowest BCUT2D eigenvalue weighted by Gasteiger charge is -2.21. The fourth-order valence-electron chi connectivity index (χ4n) is 2.28. The van der Waals surface area contributed by atoms with E-state index in [1.54, 1.807) is 43.3 Å². The van der Waals surface area contributed by atoms with Crippen molar-refractivity contribution in [2.24, 2.45) is 0 Å². The summed E-state index contributed by atoms with van der Waals surface area (Å²) in [5.41, 5.74) is 0.0661. The summed E-state index contributed by atoms with van der Waals surface area (Å²) < 4.78 is 5.63. The third kappa shape index (κ3) is 5.44. The Hall–Kier alpha value is -2.64. The number of carbonyl (C=O) groups is 1. The van der Waals surface area contributed by atoms with Crippen LogP contribution < -0.4 is 15.0 Å². The largest absolute Gasteiger partial charge is 0.488 e. The molecule has 138 valence electrons. The Balaban J connectivity index is 1.87. The van der Waals surface area contributed by atoms with Gasteiger partial charge in [0.25, 0.3) is 11.6 Å². The number of anilines is 1. The van der Waals surface area contributed by atoms with E-state index < -0.39 is 11.0 Å². The molecular weight excluding hydrogens is 358 g/mol. The Bertz CT molecular complexity index is 767. The second-order valence-electron chi connectivity index (χ2n) is 5.88. The summed E-state index contributed by atoms with van der Waals surface area (Å²) in [5, 5.41) is 14.3. The molecule has 2 atom stereocenters. The van der Waals surface area contributed by atoms with Crippen LogP contribution in [0.5, 0.6) is 5.75 Å². The molecule has 0 aliphatic rings. The lowest BCUT2D eigenvalue weighted by molar-refractivity contribution is -0.894. The lowest BCUT2D eigenvalue weighted by Crippen LogP contribution is -3.14. The van der Waals surface area contributed by atoms with Crippen LogP contribution in [0.2, 0.25) is 5.02 Å². The number of nitro benzene ring substituents is 1. The highest BCUT2D eigenvalue weighted by molar-refractivity contribution is 6.30. The number of hydrogen-bond acceptors (Lipinski definition) is 4. The van der Waals surface area contributed by atoms with Gasteiger partial charge in [-0.2, -0.15) is 0 Å². The molecule has 0 saturated carbocycles. The maximum atomic E-state index is 12.4. The van der Waals surface area contributed by atoms with Crippen molar-refractivity contribution in [1.29, 1.82) is 0 Å². The lowest BCUT2D eigenvalue weighted by atomic mass is 10.2. The van der Waals surface area contributed by atoms with Gasteiger partial charge in [-0.15, -0.1) is 0 Å². The van der Waals surface area contributed by atoms with Gasteiger partial charge in [0.2, 0.25) is 0 Å². The predicted octanol–water partition coefficient (Wildman–Crippen LogP) is 2.17. The van der Waals surface area contributed by atoms with Crippen molar-refractivity contribution in [3.63, 3.8) is 0 Å². The quantitative estimate of drug-likeness (QED) is 0.544.